The van der Waals surface area contributed by atoms with Crippen molar-refractivity contribution in [3.05, 3.63) is 47.3 Å². The summed E-state index contributed by atoms with van der Waals surface area (Å²) < 4.78 is 4.78. The first-order valence-corrected chi connectivity index (χ1v) is 8.42. The lowest BCUT2D eigenvalue weighted by Gasteiger charge is -2.18. The van der Waals surface area contributed by atoms with Crippen molar-refractivity contribution in [2.45, 2.75) is 26.3 Å². The van der Waals surface area contributed by atoms with E-state index in [1.807, 2.05) is 49.6 Å². The Balaban J connectivity index is 2.16. The van der Waals surface area contributed by atoms with Gasteiger partial charge >= 0.3 is 5.97 Å². The highest BCUT2D eigenvalue weighted by Crippen LogP contribution is 2.25. The van der Waals surface area contributed by atoms with E-state index in [1.165, 1.54) is 7.11 Å². The molecular weight excluding hydrogens is 310 g/mol. The van der Waals surface area contributed by atoms with Gasteiger partial charge in [-0.15, -0.1) is 11.3 Å². The van der Waals surface area contributed by atoms with E-state index in [4.69, 9.17) is 4.74 Å². The van der Waals surface area contributed by atoms with Gasteiger partial charge in [-0.05, 0) is 41.5 Å². The fourth-order valence-corrected chi connectivity index (χ4v) is 3.05. The van der Waals surface area contributed by atoms with Gasteiger partial charge in [0.05, 0.1) is 7.11 Å². The molecule has 0 fully saturated rings. The number of nitrogens with one attached hydrogen (secondary N) is 1. The molecule has 2 rings (SSSR count). The third-order valence-corrected chi connectivity index (χ3v) is 4.35. The van der Waals surface area contributed by atoms with Gasteiger partial charge in [-0.1, -0.05) is 32.0 Å². The van der Waals surface area contributed by atoms with Crippen LogP contribution in [0.15, 0.2) is 41.8 Å². The smallest absolute Gasteiger partial charge is 0.328 e. The Bertz CT molecular complexity index is 665. The molecule has 1 aromatic carbocycles. The van der Waals surface area contributed by atoms with Crippen molar-refractivity contribution in [1.29, 1.82) is 0 Å². The lowest BCUT2D eigenvalue weighted by Crippen LogP contribution is -2.42. The zero-order chi connectivity index (χ0) is 16.8. The summed E-state index contributed by atoms with van der Waals surface area (Å²) in [5.41, 5.74) is 1.53. The molecule has 1 heterocycles. The second kappa shape index (κ2) is 7.92. The minimum absolute atomic E-state index is 0.264. The average Bonchev–Trinajstić information content (AvgIpc) is 3.07. The van der Waals surface area contributed by atoms with Gasteiger partial charge in [0.2, 0.25) is 0 Å². The van der Waals surface area contributed by atoms with E-state index in [0.717, 1.165) is 10.4 Å². The molecule has 0 radical (unpaired) electrons. The van der Waals surface area contributed by atoms with Gasteiger partial charge in [0.15, 0.2) is 0 Å². The van der Waals surface area contributed by atoms with Crippen LogP contribution in [0.3, 0.4) is 0 Å². The molecule has 1 aromatic heterocycles. The average molecular weight is 331 g/mol. The molecule has 1 N–H and O–H groups in total. The highest BCUT2D eigenvalue weighted by atomic mass is 32.1. The van der Waals surface area contributed by atoms with Gasteiger partial charge in [0.1, 0.15) is 6.04 Å². The van der Waals surface area contributed by atoms with Gasteiger partial charge in [-0.25, -0.2) is 4.79 Å². The molecular formula is C18H21NO3S. The van der Waals surface area contributed by atoms with Crippen LogP contribution >= 0.6 is 11.3 Å². The van der Waals surface area contributed by atoms with Crippen LogP contribution in [-0.4, -0.2) is 25.0 Å². The summed E-state index contributed by atoms with van der Waals surface area (Å²) >= 11 is 1.62. The number of carbonyl (C=O) groups is 2. The lowest BCUT2D eigenvalue weighted by molar-refractivity contribution is -0.143. The van der Waals surface area contributed by atoms with Gasteiger partial charge in [-0.3, -0.25) is 4.79 Å². The number of esters is 1. The normalized spacial score (nSPS) is 12.0. The van der Waals surface area contributed by atoms with Crippen molar-refractivity contribution in [2.24, 2.45) is 5.92 Å². The summed E-state index contributed by atoms with van der Waals surface area (Å²) in [6, 6.07) is 10.8. The number of hydrogen-bond donors (Lipinski definition) is 1. The first-order chi connectivity index (χ1) is 11.0. The number of amides is 1. The number of hydrogen-bond acceptors (Lipinski definition) is 4. The number of carbonyl (C=O) groups excluding carboxylic acids is 2. The molecule has 0 saturated heterocycles. The number of benzene rings is 1. The number of thiophene rings is 1. The largest absolute Gasteiger partial charge is 0.467 e. The van der Waals surface area contributed by atoms with Crippen molar-refractivity contribution in [3.8, 4) is 10.4 Å². The molecule has 0 spiro atoms. The van der Waals surface area contributed by atoms with E-state index in [2.05, 4.69) is 5.32 Å². The van der Waals surface area contributed by atoms with Crippen molar-refractivity contribution in [3.63, 3.8) is 0 Å². The molecule has 0 bridgehead atoms. The SMILES string of the molecule is COC(=O)C(CC(C)C)NC(=O)c1cccc(-c2cccs2)c1. The minimum Gasteiger partial charge on any atom is -0.467 e. The fraction of sp³-hybridized carbons (Fsp3) is 0.333. The molecule has 23 heavy (non-hydrogen) atoms. The highest BCUT2D eigenvalue weighted by Gasteiger charge is 2.23. The Labute approximate surface area is 140 Å². The van der Waals surface area contributed by atoms with E-state index in [-0.39, 0.29) is 11.8 Å². The number of rotatable bonds is 6. The van der Waals surface area contributed by atoms with Crippen LogP contribution in [0.1, 0.15) is 30.6 Å². The Morgan fingerprint density at radius 2 is 2.00 bits per heavy atom. The third kappa shape index (κ3) is 4.66. The predicted octanol–water partition coefficient (Wildman–Crippen LogP) is 3.73. The second-order valence-corrected chi connectivity index (χ2v) is 6.68. The maximum atomic E-state index is 12.5. The van der Waals surface area contributed by atoms with Gasteiger partial charge < -0.3 is 10.1 Å². The Hall–Kier alpha value is -2.14. The van der Waals surface area contributed by atoms with E-state index >= 15 is 0 Å². The third-order valence-electron chi connectivity index (χ3n) is 3.43. The summed E-state index contributed by atoms with van der Waals surface area (Å²) in [6.07, 6.45) is 0.545. The Kier molecular flexibility index (Phi) is 5.93. The first-order valence-electron chi connectivity index (χ1n) is 7.54. The zero-order valence-corrected chi connectivity index (χ0v) is 14.4. The van der Waals surface area contributed by atoms with Crippen LogP contribution in [-0.2, 0) is 9.53 Å². The molecule has 1 atom stereocenters. The molecule has 122 valence electrons. The fourth-order valence-electron chi connectivity index (χ4n) is 2.33. The van der Waals surface area contributed by atoms with Crippen LogP contribution in [0, 0.1) is 5.92 Å². The van der Waals surface area contributed by atoms with E-state index in [0.29, 0.717) is 12.0 Å². The summed E-state index contributed by atoms with van der Waals surface area (Å²) in [4.78, 5) is 25.4. The maximum Gasteiger partial charge on any atom is 0.328 e. The first kappa shape index (κ1) is 17.2. The molecule has 0 aliphatic carbocycles. The van der Waals surface area contributed by atoms with Crippen molar-refractivity contribution in [1.82, 2.24) is 5.32 Å². The van der Waals surface area contributed by atoms with Crippen molar-refractivity contribution >= 4 is 23.2 Å². The molecule has 5 heteroatoms. The molecule has 0 aliphatic heterocycles. The molecule has 0 saturated carbocycles. The quantitative estimate of drug-likeness (QED) is 0.821. The van der Waals surface area contributed by atoms with Gasteiger partial charge in [0, 0.05) is 10.4 Å². The number of methoxy groups -OCH3 is 1. The molecule has 1 unspecified atom stereocenters. The molecule has 0 aliphatic rings. The lowest BCUT2D eigenvalue weighted by atomic mass is 10.0. The molecule has 2 aromatic rings. The van der Waals surface area contributed by atoms with E-state index < -0.39 is 12.0 Å². The monoisotopic (exact) mass is 331 g/mol. The summed E-state index contributed by atoms with van der Waals surface area (Å²) in [5, 5.41) is 4.78. The van der Waals surface area contributed by atoms with Gasteiger partial charge in [0.25, 0.3) is 5.91 Å². The predicted molar refractivity (Wildman–Crippen MR) is 92.5 cm³/mol. The van der Waals surface area contributed by atoms with E-state index in [1.54, 1.807) is 17.4 Å². The highest BCUT2D eigenvalue weighted by molar-refractivity contribution is 7.13. The second-order valence-electron chi connectivity index (χ2n) is 5.74. The molecule has 4 nitrogen and oxygen atoms in total. The Morgan fingerprint density at radius 1 is 1.22 bits per heavy atom. The van der Waals surface area contributed by atoms with Crippen LogP contribution in [0.4, 0.5) is 0 Å². The zero-order valence-electron chi connectivity index (χ0n) is 13.5. The summed E-state index contributed by atoms with van der Waals surface area (Å²) in [7, 11) is 1.33. The van der Waals surface area contributed by atoms with Crippen molar-refractivity contribution < 1.29 is 14.3 Å². The van der Waals surface area contributed by atoms with Crippen LogP contribution in [0.5, 0.6) is 0 Å². The van der Waals surface area contributed by atoms with Crippen LogP contribution in [0.25, 0.3) is 10.4 Å². The topological polar surface area (TPSA) is 55.4 Å². The van der Waals surface area contributed by atoms with Crippen molar-refractivity contribution in [2.75, 3.05) is 7.11 Å². The maximum absolute atomic E-state index is 12.5. The van der Waals surface area contributed by atoms with Crippen LogP contribution < -0.4 is 5.32 Å². The minimum atomic E-state index is -0.627. The molecule has 1 amide bonds. The Morgan fingerprint density at radius 3 is 2.61 bits per heavy atom. The summed E-state index contributed by atoms with van der Waals surface area (Å²) in [6.45, 7) is 4.00. The van der Waals surface area contributed by atoms with Crippen LogP contribution in [0.2, 0.25) is 0 Å². The van der Waals surface area contributed by atoms with E-state index in [9.17, 15) is 9.59 Å². The van der Waals surface area contributed by atoms with Gasteiger partial charge in [-0.2, -0.15) is 0 Å². The number of ether oxygens (including phenoxy) is 1. The summed E-state index contributed by atoms with van der Waals surface area (Å²) in [5.74, 6) is -0.405. The standard InChI is InChI=1S/C18H21NO3S/c1-12(2)10-15(18(21)22-3)19-17(20)14-7-4-6-13(11-14)16-8-5-9-23-16/h4-9,11-12,15H,10H2,1-3H3,(H,19,20).